The number of ether oxygens (including phenoxy) is 1. The van der Waals surface area contributed by atoms with Gasteiger partial charge in [-0.3, -0.25) is 4.79 Å². The molecule has 1 unspecified atom stereocenters. The number of benzene rings is 2. The van der Waals surface area contributed by atoms with Crippen LogP contribution in [0.3, 0.4) is 0 Å². The zero-order valence-electron chi connectivity index (χ0n) is 18.7. The minimum atomic E-state index is -0.167. The van der Waals surface area contributed by atoms with Gasteiger partial charge in [-0.25, -0.2) is 0 Å². The van der Waals surface area contributed by atoms with Crippen LogP contribution in [0.4, 0.5) is 5.69 Å². The minimum absolute atomic E-state index is 0.146. The maximum absolute atomic E-state index is 13.6. The van der Waals surface area contributed by atoms with Gasteiger partial charge in [0.05, 0.1) is 17.8 Å². The fourth-order valence-electron chi connectivity index (χ4n) is 3.73. The highest BCUT2D eigenvalue weighted by Gasteiger charge is 2.33. The molecule has 1 aliphatic rings. The summed E-state index contributed by atoms with van der Waals surface area (Å²) in [6.45, 7) is 6.28. The van der Waals surface area contributed by atoms with Crippen LogP contribution in [0, 0.1) is 3.57 Å². The number of allylic oxidation sites excluding steroid dienone is 2. The third-order valence-electron chi connectivity index (χ3n) is 5.40. The molecule has 0 aromatic heterocycles. The number of thioether (sulfide) groups is 1. The number of para-hydroxylation sites is 2. The summed E-state index contributed by atoms with van der Waals surface area (Å²) in [6.07, 6.45) is 2.30. The van der Waals surface area contributed by atoms with E-state index in [4.69, 9.17) is 16.3 Å². The molecule has 0 spiro atoms. The van der Waals surface area contributed by atoms with Crippen molar-refractivity contribution in [3.05, 3.63) is 78.5 Å². The quantitative estimate of drug-likeness (QED) is 0.253. The van der Waals surface area contributed by atoms with Gasteiger partial charge in [0.15, 0.2) is 0 Å². The molecule has 170 valence electrons. The smallest absolute Gasteiger partial charge is 0.254 e. The molecule has 1 aliphatic heterocycles. The maximum atomic E-state index is 13.6. The van der Waals surface area contributed by atoms with E-state index in [1.54, 1.807) is 7.11 Å². The van der Waals surface area contributed by atoms with Gasteiger partial charge in [0.1, 0.15) is 5.75 Å². The zero-order valence-corrected chi connectivity index (χ0v) is 22.5. The molecule has 7 heteroatoms. The lowest BCUT2D eigenvalue weighted by Gasteiger charge is -2.32. The van der Waals surface area contributed by atoms with E-state index in [1.807, 2.05) is 61.2 Å². The van der Waals surface area contributed by atoms with Crippen molar-refractivity contribution >= 4 is 57.5 Å². The number of dihydropyridines is 1. The fraction of sp³-hybridized carbons (Fsp3) is 0.320. The Hall–Kier alpha value is -1.64. The molecule has 2 N–H and O–H groups in total. The molecule has 0 fully saturated rings. The molecule has 32 heavy (non-hydrogen) atoms. The van der Waals surface area contributed by atoms with Crippen LogP contribution in [0.25, 0.3) is 0 Å². The molecule has 0 aliphatic carbocycles. The molecule has 0 radical (unpaired) electrons. The third-order valence-corrected chi connectivity index (χ3v) is 7.78. The average Bonchev–Trinajstić information content (AvgIpc) is 2.76. The summed E-state index contributed by atoms with van der Waals surface area (Å²) in [5.41, 5.74) is 4.43. The molecular formula is C25H28ClIN2O2S. The summed E-state index contributed by atoms with van der Waals surface area (Å²) < 4.78 is 6.46. The van der Waals surface area contributed by atoms with E-state index in [0.717, 1.165) is 44.0 Å². The van der Waals surface area contributed by atoms with Crippen LogP contribution in [0.1, 0.15) is 45.1 Å². The Morgan fingerprint density at radius 3 is 2.69 bits per heavy atom. The first-order valence-corrected chi connectivity index (χ1v) is 13.0. The number of carbonyl (C=O) groups is 1. The number of amides is 1. The van der Waals surface area contributed by atoms with Gasteiger partial charge in [0.2, 0.25) is 0 Å². The number of hydrogen-bond acceptors (Lipinski definition) is 4. The van der Waals surface area contributed by atoms with E-state index >= 15 is 0 Å². The Morgan fingerprint density at radius 1 is 1.25 bits per heavy atom. The minimum Gasteiger partial charge on any atom is -0.495 e. The van der Waals surface area contributed by atoms with Crippen molar-refractivity contribution in [2.24, 2.45) is 0 Å². The predicted octanol–water partition coefficient (Wildman–Crippen LogP) is 7.32. The van der Waals surface area contributed by atoms with Crippen LogP contribution in [-0.4, -0.2) is 18.8 Å². The van der Waals surface area contributed by atoms with Crippen LogP contribution in [0.5, 0.6) is 5.75 Å². The molecule has 2 aromatic carbocycles. The number of anilines is 1. The van der Waals surface area contributed by atoms with E-state index in [0.29, 0.717) is 22.0 Å². The van der Waals surface area contributed by atoms with Crippen molar-refractivity contribution < 1.29 is 9.53 Å². The van der Waals surface area contributed by atoms with Crippen LogP contribution in [0.15, 0.2) is 64.3 Å². The first kappa shape index (κ1) is 25.0. The summed E-state index contributed by atoms with van der Waals surface area (Å²) >= 11 is 10.4. The largest absolute Gasteiger partial charge is 0.495 e. The van der Waals surface area contributed by atoms with E-state index in [-0.39, 0.29) is 11.8 Å². The lowest BCUT2D eigenvalue weighted by molar-refractivity contribution is -0.113. The Labute approximate surface area is 213 Å². The monoisotopic (exact) mass is 582 g/mol. The number of halogens is 2. The number of hydrogen-bond donors (Lipinski definition) is 2. The van der Waals surface area contributed by atoms with Crippen molar-refractivity contribution in [2.45, 2.75) is 39.5 Å². The Balaban J connectivity index is 2.04. The number of unbranched alkanes of at least 4 members (excludes halogenated alkanes) is 1. The molecule has 0 bridgehead atoms. The normalized spacial score (nSPS) is 16.1. The van der Waals surface area contributed by atoms with Crippen LogP contribution in [-0.2, 0) is 4.79 Å². The molecule has 3 rings (SSSR count). The summed E-state index contributed by atoms with van der Waals surface area (Å²) in [7, 11) is 1.60. The lowest BCUT2D eigenvalue weighted by Crippen LogP contribution is -2.30. The summed E-state index contributed by atoms with van der Waals surface area (Å²) in [4.78, 5) is 13.6. The van der Waals surface area contributed by atoms with Gasteiger partial charge in [-0.2, -0.15) is 0 Å². The third kappa shape index (κ3) is 5.64. The number of rotatable bonds is 8. The molecular weight excluding hydrogens is 555 g/mol. The molecule has 1 atom stereocenters. The van der Waals surface area contributed by atoms with Crippen molar-refractivity contribution in [3.8, 4) is 5.75 Å². The van der Waals surface area contributed by atoms with Crippen molar-refractivity contribution in [1.82, 2.24) is 5.32 Å². The second kappa shape index (κ2) is 11.5. The SMILES string of the molecule is CCCCSC1=C(C)C(c2ccc(Cl)cc2I)C(C(=O)Nc2ccccc2OC)=C(C)N1. The van der Waals surface area contributed by atoms with Gasteiger partial charge < -0.3 is 15.4 Å². The zero-order chi connectivity index (χ0) is 23.3. The summed E-state index contributed by atoms with van der Waals surface area (Å²) in [5.74, 6) is 1.35. The topological polar surface area (TPSA) is 50.4 Å². The van der Waals surface area contributed by atoms with Crippen LogP contribution >= 0.6 is 46.0 Å². The number of carbonyl (C=O) groups excluding carboxylic acids is 1. The highest BCUT2D eigenvalue weighted by molar-refractivity contribution is 14.1. The summed E-state index contributed by atoms with van der Waals surface area (Å²) in [5, 5.41) is 8.38. The second-order valence-corrected chi connectivity index (χ2v) is 10.3. The van der Waals surface area contributed by atoms with E-state index < -0.39 is 0 Å². The first-order chi connectivity index (χ1) is 15.4. The molecule has 4 nitrogen and oxygen atoms in total. The van der Waals surface area contributed by atoms with Gasteiger partial charge in [0.25, 0.3) is 5.91 Å². The number of methoxy groups -OCH3 is 1. The fourth-order valence-corrected chi connectivity index (χ4v) is 6.12. The Bertz CT molecular complexity index is 1070. The maximum Gasteiger partial charge on any atom is 0.254 e. The van der Waals surface area contributed by atoms with E-state index in [9.17, 15) is 4.79 Å². The standard InChI is InChI=1S/C25H28ClIN2O2S/c1-5-6-13-32-25-15(2)22(18-12-11-17(26)14-19(18)27)23(16(3)28-25)24(30)29-20-9-7-8-10-21(20)31-4/h7-12,14,22,28H,5-6,13H2,1-4H3,(H,29,30). The second-order valence-electron chi connectivity index (χ2n) is 7.63. The van der Waals surface area contributed by atoms with E-state index in [2.05, 4.69) is 47.1 Å². The van der Waals surface area contributed by atoms with Crippen LogP contribution < -0.4 is 15.4 Å². The van der Waals surface area contributed by atoms with E-state index in [1.165, 1.54) is 0 Å². The predicted molar refractivity (Wildman–Crippen MR) is 144 cm³/mol. The summed E-state index contributed by atoms with van der Waals surface area (Å²) in [6, 6.07) is 13.3. The molecule has 0 saturated carbocycles. The molecule has 1 amide bonds. The van der Waals surface area contributed by atoms with Crippen molar-refractivity contribution in [2.75, 3.05) is 18.2 Å². The Kier molecular flexibility index (Phi) is 8.96. The lowest BCUT2D eigenvalue weighted by atomic mass is 9.82. The average molecular weight is 583 g/mol. The van der Waals surface area contributed by atoms with Gasteiger partial charge >= 0.3 is 0 Å². The van der Waals surface area contributed by atoms with Gasteiger partial charge in [-0.1, -0.05) is 43.1 Å². The van der Waals surface area contributed by atoms with Crippen LogP contribution in [0.2, 0.25) is 5.02 Å². The van der Waals surface area contributed by atoms with Gasteiger partial charge in [0, 0.05) is 25.8 Å². The van der Waals surface area contributed by atoms with Gasteiger partial charge in [-0.15, -0.1) is 11.8 Å². The first-order valence-electron chi connectivity index (χ1n) is 10.6. The molecule has 0 saturated heterocycles. The van der Waals surface area contributed by atoms with Crippen molar-refractivity contribution in [3.63, 3.8) is 0 Å². The highest BCUT2D eigenvalue weighted by Crippen LogP contribution is 2.43. The molecule has 2 aromatic rings. The highest BCUT2D eigenvalue weighted by atomic mass is 127. The molecule has 1 heterocycles. The van der Waals surface area contributed by atoms with Gasteiger partial charge in [-0.05, 0) is 84.0 Å². The Morgan fingerprint density at radius 2 is 2.00 bits per heavy atom. The number of nitrogens with one attached hydrogen (secondary N) is 2. The van der Waals surface area contributed by atoms with Crippen molar-refractivity contribution in [1.29, 1.82) is 0 Å².